The molecule has 1 heterocycles. The molecule has 1 aliphatic rings. The molecule has 1 atom stereocenters. The highest BCUT2D eigenvalue weighted by Gasteiger charge is 2.51. The second kappa shape index (κ2) is 9.65. The predicted molar refractivity (Wildman–Crippen MR) is 122 cm³/mol. The summed E-state index contributed by atoms with van der Waals surface area (Å²) in [6.45, 7) is 8.47. The number of ketones is 1. The van der Waals surface area contributed by atoms with Crippen LogP contribution in [0.15, 0.2) is 36.4 Å². The van der Waals surface area contributed by atoms with E-state index in [-0.39, 0.29) is 12.2 Å². The highest BCUT2D eigenvalue weighted by molar-refractivity contribution is 6.09. The summed E-state index contributed by atoms with van der Waals surface area (Å²) in [7, 11) is 0. The van der Waals surface area contributed by atoms with Crippen molar-refractivity contribution >= 4 is 17.4 Å². The van der Waals surface area contributed by atoms with Gasteiger partial charge >= 0.3 is 0 Å². The number of hydrogen-bond donors (Lipinski definition) is 1. The Hall–Kier alpha value is -2.66. The van der Waals surface area contributed by atoms with E-state index < -0.39 is 11.5 Å². The summed E-state index contributed by atoms with van der Waals surface area (Å²) >= 11 is 0. The van der Waals surface area contributed by atoms with Crippen LogP contribution in [0.2, 0.25) is 0 Å². The van der Waals surface area contributed by atoms with Crippen LogP contribution in [0.3, 0.4) is 0 Å². The number of carbonyl (C=O) groups is 2. The largest absolute Gasteiger partial charge is 0.494 e. The van der Waals surface area contributed by atoms with Gasteiger partial charge in [0, 0.05) is 12.0 Å². The molecule has 1 N–H and O–H groups in total. The van der Waals surface area contributed by atoms with Crippen molar-refractivity contribution in [2.24, 2.45) is 0 Å². The monoisotopic (exact) mass is 423 g/mol. The van der Waals surface area contributed by atoms with E-state index in [0.717, 1.165) is 28.9 Å². The zero-order chi connectivity index (χ0) is 22.6. The lowest BCUT2D eigenvalue weighted by molar-refractivity contribution is -0.141. The molecule has 2 aromatic rings. The summed E-state index contributed by atoms with van der Waals surface area (Å²) in [4.78, 5) is 26.7. The van der Waals surface area contributed by atoms with Crippen molar-refractivity contribution in [3.63, 3.8) is 0 Å². The van der Waals surface area contributed by atoms with Crippen molar-refractivity contribution in [2.75, 3.05) is 11.5 Å². The van der Waals surface area contributed by atoms with Crippen LogP contribution >= 0.6 is 0 Å². The second-order valence-electron chi connectivity index (χ2n) is 8.66. The smallest absolute Gasteiger partial charge is 0.264 e. The number of benzene rings is 2. The predicted octanol–water partition coefficient (Wildman–Crippen LogP) is 4.98. The Kier molecular flexibility index (Phi) is 7.16. The number of unbranched alkanes of at least 4 members (excludes halogenated alkanes) is 3. The number of ether oxygens (including phenoxy) is 1. The molecule has 2 aromatic carbocycles. The number of aryl methyl sites for hydroxylation is 2. The maximum atomic E-state index is 13.3. The lowest BCUT2D eigenvalue weighted by Crippen LogP contribution is -2.41. The number of carbonyl (C=O) groups excluding carboxylic acids is 2. The van der Waals surface area contributed by atoms with Crippen LogP contribution in [0.4, 0.5) is 5.69 Å². The fourth-order valence-corrected chi connectivity index (χ4v) is 4.35. The Labute approximate surface area is 185 Å². The van der Waals surface area contributed by atoms with E-state index in [2.05, 4.69) is 6.92 Å². The summed E-state index contributed by atoms with van der Waals surface area (Å²) in [5.74, 6) is 0.152. The van der Waals surface area contributed by atoms with Crippen LogP contribution < -0.4 is 9.64 Å². The first-order chi connectivity index (χ1) is 14.8. The topological polar surface area (TPSA) is 66.8 Å². The normalized spacial score (nSPS) is 17.7. The maximum absolute atomic E-state index is 13.3. The van der Waals surface area contributed by atoms with E-state index in [4.69, 9.17) is 4.74 Å². The third-order valence-electron chi connectivity index (χ3n) is 5.79. The third-order valence-corrected chi connectivity index (χ3v) is 5.79. The highest BCUT2D eigenvalue weighted by atomic mass is 16.5. The summed E-state index contributed by atoms with van der Waals surface area (Å²) in [5.41, 5.74) is 2.22. The summed E-state index contributed by atoms with van der Waals surface area (Å²) in [6, 6.07) is 11.5. The minimum atomic E-state index is -1.81. The molecule has 1 aliphatic heterocycles. The van der Waals surface area contributed by atoms with Gasteiger partial charge in [-0.05, 0) is 50.5 Å². The number of aliphatic hydroxyl groups is 1. The van der Waals surface area contributed by atoms with Gasteiger partial charge in [0.25, 0.3) is 5.91 Å². The van der Waals surface area contributed by atoms with Crippen molar-refractivity contribution in [3.8, 4) is 5.75 Å². The third kappa shape index (κ3) is 4.99. The molecule has 0 spiro atoms. The highest BCUT2D eigenvalue weighted by Crippen LogP contribution is 2.45. The van der Waals surface area contributed by atoms with E-state index in [1.54, 1.807) is 4.90 Å². The standard InChI is InChI=1S/C26H33NO4/c1-5-6-7-8-13-31-22-11-9-21(10-12-22)17-27-24-19(3)14-18(2)15-23(24)26(30,25(27)29)16-20(4)28/h9-12,14-15,30H,5-8,13,16-17H2,1-4H3. The van der Waals surface area contributed by atoms with Crippen molar-refractivity contribution in [2.45, 2.75) is 71.9 Å². The van der Waals surface area contributed by atoms with Gasteiger partial charge in [-0.1, -0.05) is 56.0 Å². The Balaban J connectivity index is 1.79. The second-order valence-corrected chi connectivity index (χ2v) is 8.66. The molecule has 0 aromatic heterocycles. The van der Waals surface area contributed by atoms with Crippen molar-refractivity contribution in [1.82, 2.24) is 0 Å². The van der Waals surface area contributed by atoms with Crippen LogP contribution in [0.1, 0.15) is 68.2 Å². The number of amides is 1. The zero-order valence-corrected chi connectivity index (χ0v) is 19.0. The van der Waals surface area contributed by atoms with Gasteiger partial charge in [-0.25, -0.2) is 0 Å². The SMILES string of the molecule is CCCCCCOc1ccc(CN2C(=O)C(O)(CC(C)=O)c3cc(C)cc(C)c32)cc1. The number of Topliss-reactive ketones (excluding diaryl/α,β-unsaturated/α-hetero) is 1. The van der Waals surface area contributed by atoms with Gasteiger partial charge < -0.3 is 14.7 Å². The van der Waals surface area contributed by atoms with Crippen LogP contribution in [0, 0.1) is 13.8 Å². The van der Waals surface area contributed by atoms with Crippen molar-refractivity contribution < 1.29 is 19.4 Å². The van der Waals surface area contributed by atoms with Gasteiger partial charge in [0.15, 0.2) is 5.60 Å². The van der Waals surface area contributed by atoms with E-state index in [9.17, 15) is 14.7 Å². The fourth-order valence-electron chi connectivity index (χ4n) is 4.35. The zero-order valence-electron chi connectivity index (χ0n) is 19.0. The van der Waals surface area contributed by atoms with Gasteiger partial charge in [-0.3, -0.25) is 9.59 Å². The Bertz CT molecular complexity index is 951. The van der Waals surface area contributed by atoms with Crippen molar-refractivity contribution in [1.29, 1.82) is 0 Å². The fraction of sp³-hybridized carbons (Fsp3) is 0.462. The van der Waals surface area contributed by atoms with E-state index in [1.165, 1.54) is 26.2 Å². The van der Waals surface area contributed by atoms with Crippen LogP contribution in [0.25, 0.3) is 0 Å². The minimum Gasteiger partial charge on any atom is -0.494 e. The van der Waals surface area contributed by atoms with E-state index in [0.29, 0.717) is 24.4 Å². The number of anilines is 1. The van der Waals surface area contributed by atoms with E-state index >= 15 is 0 Å². The number of nitrogens with zero attached hydrogens (tertiary/aromatic N) is 1. The van der Waals surface area contributed by atoms with Gasteiger partial charge in [-0.15, -0.1) is 0 Å². The molecule has 166 valence electrons. The molecule has 31 heavy (non-hydrogen) atoms. The Morgan fingerprint density at radius 3 is 2.45 bits per heavy atom. The van der Waals surface area contributed by atoms with Gasteiger partial charge in [0.05, 0.1) is 18.8 Å². The van der Waals surface area contributed by atoms with Crippen LogP contribution in [-0.2, 0) is 21.7 Å². The first kappa shape index (κ1) is 23.0. The van der Waals surface area contributed by atoms with Crippen LogP contribution in [0.5, 0.6) is 5.75 Å². The molecule has 0 fully saturated rings. The Morgan fingerprint density at radius 1 is 1.10 bits per heavy atom. The molecule has 0 saturated heterocycles. The van der Waals surface area contributed by atoms with Gasteiger partial charge in [0.2, 0.25) is 0 Å². The van der Waals surface area contributed by atoms with Crippen molar-refractivity contribution in [3.05, 3.63) is 58.7 Å². The molecular weight excluding hydrogens is 390 g/mol. The number of hydrogen-bond acceptors (Lipinski definition) is 4. The molecule has 1 unspecified atom stereocenters. The molecule has 0 aliphatic carbocycles. The maximum Gasteiger partial charge on any atom is 0.264 e. The average Bonchev–Trinajstić information content (AvgIpc) is 2.90. The first-order valence-corrected chi connectivity index (χ1v) is 11.1. The molecule has 1 amide bonds. The summed E-state index contributed by atoms with van der Waals surface area (Å²) < 4.78 is 5.81. The molecule has 5 heteroatoms. The minimum absolute atomic E-state index is 0.219. The Morgan fingerprint density at radius 2 is 1.81 bits per heavy atom. The van der Waals surface area contributed by atoms with Gasteiger partial charge in [0.1, 0.15) is 11.5 Å². The first-order valence-electron chi connectivity index (χ1n) is 11.1. The summed E-state index contributed by atoms with van der Waals surface area (Å²) in [6.07, 6.45) is 4.42. The average molecular weight is 424 g/mol. The summed E-state index contributed by atoms with van der Waals surface area (Å²) in [5, 5.41) is 11.3. The molecule has 0 saturated carbocycles. The lowest BCUT2D eigenvalue weighted by Gasteiger charge is -2.22. The van der Waals surface area contributed by atoms with E-state index in [1.807, 2.05) is 50.2 Å². The molecular formula is C26H33NO4. The quantitative estimate of drug-likeness (QED) is 0.548. The molecule has 0 radical (unpaired) electrons. The number of rotatable bonds is 10. The molecule has 0 bridgehead atoms. The molecule has 3 rings (SSSR count). The lowest BCUT2D eigenvalue weighted by atomic mass is 9.88. The molecule has 5 nitrogen and oxygen atoms in total. The van der Waals surface area contributed by atoms with Gasteiger partial charge in [-0.2, -0.15) is 0 Å². The van der Waals surface area contributed by atoms with Crippen LogP contribution in [-0.4, -0.2) is 23.4 Å². The number of fused-ring (bicyclic) bond motifs is 1.